The molecule has 0 aromatic heterocycles. The van der Waals surface area contributed by atoms with Crippen molar-refractivity contribution in [3.05, 3.63) is 41.3 Å². The van der Waals surface area contributed by atoms with E-state index in [2.05, 4.69) is 4.98 Å². The molecular formula is C31H39F3N5O4S+. The van der Waals surface area contributed by atoms with Crippen molar-refractivity contribution in [2.45, 2.75) is 58.9 Å². The fraction of sp³-hybridized carbons (Fsp3) is 0.548. The van der Waals surface area contributed by atoms with Gasteiger partial charge in [-0.2, -0.15) is 13.2 Å². The van der Waals surface area contributed by atoms with E-state index in [0.717, 1.165) is 4.70 Å². The number of rotatable bonds is 1. The third kappa shape index (κ3) is 7.03. The molecule has 9 nitrogen and oxygen atoms in total. The number of aromatic nitrogens is 1. The summed E-state index contributed by atoms with van der Waals surface area (Å²) in [7, 11) is 0. The fourth-order valence-electron chi connectivity index (χ4n) is 5.41. The first kappa shape index (κ1) is 31.8. The second kappa shape index (κ2) is 11.7. The maximum atomic E-state index is 15.2. The highest BCUT2D eigenvalue weighted by Gasteiger charge is 2.43. The molecule has 0 atom stereocenters. The Morgan fingerprint density at radius 2 is 1.39 bits per heavy atom. The normalized spacial score (nSPS) is 16.9. The highest BCUT2D eigenvalue weighted by molar-refractivity contribution is 7.21. The molecule has 0 spiro atoms. The van der Waals surface area contributed by atoms with Crippen LogP contribution >= 0.6 is 11.3 Å². The summed E-state index contributed by atoms with van der Waals surface area (Å²) in [5, 5.41) is 0.438. The molecule has 3 aliphatic heterocycles. The van der Waals surface area contributed by atoms with E-state index in [0.29, 0.717) is 41.9 Å². The van der Waals surface area contributed by atoms with Crippen LogP contribution < -0.4 is 14.8 Å². The van der Waals surface area contributed by atoms with Gasteiger partial charge in [-0.3, -0.25) is 4.90 Å². The number of nitrogens with zero attached hydrogens (tertiary/aromatic N) is 5. The van der Waals surface area contributed by atoms with Crippen molar-refractivity contribution in [1.29, 1.82) is 0 Å². The minimum Gasteiger partial charge on any atom is -0.444 e. The summed E-state index contributed by atoms with van der Waals surface area (Å²) in [5.41, 5.74) is -1.67. The van der Waals surface area contributed by atoms with Gasteiger partial charge in [-0.15, -0.1) is 11.3 Å². The van der Waals surface area contributed by atoms with Crippen LogP contribution in [0.1, 0.15) is 47.1 Å². The Labute approximate surface area is 258 Å². The van der Waals surface area contributed by atoms with E-state index in [1.54, 1.807) is 69.5 Å². The van der Waals surface area contributed by atoms with Crippen LogP contribution in [0.3, 0.4) is 0 Å². The number of carbonyl (C=O) groups is 2. The maximum absolute atomic E-state index is 15.2. The minimum absolute atomic E-state index is 0.0505. The lowest BCUT2D eigenvalue weighted by atomic mass is 10.0. The number of benzene rings is 2. The second-order valence-corrected chi connectivity index (χ2v) is 14.1. The Morgan fingerprint density at radius 1 is 0.841 bits per heavy atom. The number of para-hydroxylation sites is 1. The fourth-order valence-corrected chi connectivity index (χ4v) is 6.43. The topological polar surface area (TPSA) is 78.2 Å². The zero-order valence-electron chi connectivity index (χ0n) is 26.0. The molecule has 0 saturated carbocycles. The standard InChI is InChI=1S/C31H39F3N5O4S/c1-29(2,3)42-27(40)38-15-11-36(12-16-38)21-19-23-25(35-20-9-7-8-10-22(20)44-23)24(31(32,33)34)26(21)37-13-17-39(18-14-37)28(41)43-30(4,5)6/h7-10,19H,11-18H2,1-6H3/q+1. The van der Waals surface area contributed by atoms with Crippen LogP contribution in [0, 0.1) is 0 Å². The van der Waals surface area contributed by atoms with E-state index in [9.17, 15) is 9.59 Å². The molecule has 5 rings (SSSR count). The lowest BCUT2D eigenvalue weighted by molar-refractivity contribution is -0.136. The monoisotopic (exact) mass is 634 g/mol. The number of piperazine rings is 2. The van der Waals surface area contributed by atoms with Crippen molar-refractivity contribution < 1.29 is 32.2 Å². The smallest absolute Gasteiger partial charge is 0.420 e. The molecule has 1 aromatic carbocycles. The van der Waals surface area contributed by atoms with Gasteiger partial charge < -0.3 is 19.3 Å². The molecule has 2 saturated heterocycles. The Kier molecular flexibility index (Phi) is 8.47. The minimum atomic E-state index is -4.70. The molecule has 2 fully saturated rings. The third-order valence-corrected chi connectivity index (χ3v) is 8.43. The van der Waals surface area contributed by atoms with E-state index in [4.69, 9.17) is 9.47 Å². The van der Waals surface area contributed by atoms with Crippen LogP contribution in [-0.4, -0.2) is 90.5 Å². The molecule has 3 heterocycles. The van der Waals surface area contributed by atoms with Gasteiger partial charge in [-0.1, -0.05) is 12.1 Å². The first-order chi connectivity index (χ1) is 20.5. The molecule has 1 aromatic rings. The summed E-state index contributed by atoms with van der Waals surface area (Å²) in [5.74, 6) is 0. The molecule has 0 N–H and O–H groups in total. The van der Waals surface area contributed by atoms with Gasteiger partial charge in [0.05, 0.1) is 33.9 Å². The van der Waals surface area contributed by atoms with Gasteiger partial charge in [0.1, 0.15) is 22.5 Å². The van der Waals surface area contributed by atoms with Crippen molar-refractivity contribution in [3.8, 4) is 10.6 Å². The molecule has 0 radical (unpaired) electrons. The van der Waals surface area contributed by atoms with E-state index >= 15 is 13.2 Å². The summed E-state index contributed by atoms with van der Waals surface area (Å²) in [4.78, 5) is 35.2. The van der Waals surface area contributed by atoms with Gasteiger partial charge in [0.2, 0.25) is 5.36 Å². The predicted octanol–water partition coefficient (Wildman–Crippen LogP) is 5.50. The highest BCUT2D eigenvalue weighted by atomic mass is 32.1. The quantitative estimate of drug-likeness (QED) is 0.260. The molecule has 0 unspecified atom stereocenters. The highest BCUT2D eigenvalue weighted by Crippen LogP contribution is 2.44. The maximum Gasteiger partial charge on any atom is 0.420 e. The molecular weight excluding hydrogens is 595 g/mol. The summed E-state index contributed by atoms with van der Waals surface area (Å²) in [6.07, 6.45) is -5.63. The van der Waals surface area contributed by atoms with E-state index in [1.165, 1.54) is 16.2 Å². The van der Waals surface area contributed by atoms with Crippen LogP contribution in [0.4, 0.5) is 28.4 Å². The van der Waals surface area contributed by atoms with Gasteiger partial charge in [-0.05, 0) is 53.7 Å². The summed E-state index contributed by atoms with van der Waals surface area (Å²) in [6, 6.07) is 8.97. The van der Waals surface area contributed by atoms with Crippen molar-refractivity contribution in [2.24, 2.45) is 0 Å². The molecule has 238 valence electrons. The number of amides is 2. The average Bonchev–Trinajstić information content (AvgIpc) is 2.93. The van der Waals surface area contributed by atoms with Crippen LogP contribution in [0.25, 0.3) is 20.8 Å². The zero-order chi connectivity index (χ0) is 32.0. The first-order valence-corrected chi connectivity index (χ1v) is 15.5. The second-order valence-electron chi connectivity index (χ2n) is 13.1. The number of anilines is 1. The molecule has 44 heavy (non-hydrogen) atoms. The van der Waals surface area contributed by atoms with Crippen LogP contribution in [0.5, 0.6) is 0 Å². The average molecular weight is 635 g/mol. The lowest BCUT2D eigenvalue weighted by Gasteiger charge is -2.37. The number of carbonyl (C=O) groups excluding carboxylic acids is 2. The number of alkyl halides is 3. The predicted molar refractivity (Wildman–Crippen MR) is 164 cm³/mol. The van der Waals surface area contributed by atoms with E-state index in [1.807, 2.05) is 16.7 Å². The summed E-state index contributed by atoms with van der Waals surface area (Å²) in [6.45, 7) is 12.8. The lowest BCUT2D eigenvalue weighted by Crippen LogP contribution is -2.54. The first-order valence-electron chi connectivity index (χ1n) is 14.7. The number of hydrogen-bond acceptors (Lipinski definition) is 7. The number of fused-ring (bicyclic) bond motifs is 2. The summed E-state index contributed by atoms with van der Waals surface area (Å²) >= 11 is 1.27. The Hall–Kier alpha value is -3.61. The largest absolute Gasteiger partial charge is 0.444 e. The van der Waals surface area contributed by atoms with E-state index in [-0.39, 0.29) is 37.6 Å². The molecule has 13 heteroatoms. The third-order valence-electron chi connectivity index (χ3n) is 7.34. The number of halogens is 3. The Bertz CT molecular complexity index is 1590. The Morgan fingerprint density at radius 3 is 1.93 bits per heavy atom. The van der Waals surface area contributed by atoms with Crippen LogP contribution in [-0.2, 0) is 15.7 Å². The van der Waals surface area contributed by atoms with Crippen molar-refractivity contribution >= 4 is 39.4 Å². The number of hydrogen-bond donors (Lipinski definition) is 0. The molecule has 4 aliphatic rings. The molecule has 0 bridgehead atoms. The van der Waals surface area contributed by atoms with E-state index < -0.39 is 35.1 Å². The van der Waals surface area contributed by atoms with Gasteiger partial charge >= 0.3 is 18.4 Å². The molecule has 2 amide bonds. The van der Waals surface area contributed by atoms with Gasteiger partial charge in [0, 0.05) is 32.2 Å². The van der Waals surface area contributed by atoms with Gasteiger partial charge in [-0.25, -0.2) is 19.1 Å². The van der Waals surface area contributed by atoms with Gasteiger partial charge in [0.25, 0.3) is 0 Å². The summed E-state index contributed by atoms with van der Waals surface area (Å²) < 4.78 is 59.2. The zero-order valence-corrected chi connectivity index (χ0v) is 26.8. The van der Waals surface area contributed by atoms with Crippen molar-refractivity contribution in [1.82, 2.24) is 19.4 Å². The SMILES string of the molecule is CC(C)(C)OC(=O)N1CCN(c2c(C(F)(F)F)c3nc4ccccc4sc-3cc2=[N+]2CCN(C(=O)OC(C)(C)C)CC2)CC1. The molecule has 1 aliphatic carbocycles. The van der Waals surface area contributed by atoms with Crippen molar-refractivity contribution in [2.75, 3.05) is 57.3 Å². The van der Waals surface area contributed by atoms with Gasteiger partial charge in [0.15, 0.2) is 13.1 Å². The van der Waals surface area contributed by atoms with Crippen LogP contribution in [0.15, 0.2) is 30.3 Å². The van der Waals surface area contributed by atoms with Crippen molar-refractivity contribution in [3.63, 3.8) is 0 Å². The van der Waals surface area contributed by atoms with Crippen LogP contribution in [0.2, 0.25) is 0 Å². The Balaban J connectivity index is 1.61. The number of ether oxygens (including phenoxy) is 2.